The van der Waals surface area contributed by atoms with Gasteiger partial charge < -0.3 is 9.80 Å². The summed E-state index contributed by atoms with van der Waals surface area (Å²) >= 11 is 0. The highest BCUT2D eigenvalue weighted by Crippen LogP contribution is 2.20. The van der Waals surface area contributed by atoms with Crippen LogP contribution >= 0.6 is 0 Å². The van der Waals surface area contributed by atoms with Crippen LogP contribution in [0.15, 0.2) is 64.3 Å². The van der Waals surface area contributed by atoms with Crippen LogP contribution in [0.5, 0.6) is 0 Å². The van der Waals surface area contributed by atoms with Crippen LogP contribution in [0.1, 0.15) is 23.0 Å². The fraction of sp³-hybridized carbons (Fsp3) is 0.292. The lowest BCUT2D eigenvalue weighted by atomic mass is 10.2. The molecule has 35 heavy (non-hydrogen) atoms. The maximum atomic E-state index is 13.0. The molecule has 1 aromatic heterocycles. The number of para-hydroxylation sites is 1. The van der Waals surface area contributed by atoms with Crippen LogP contribution in [0.4, 0.5) is 5.69 Å². The Kier molecular flexibility index (Phi) is 6.53. The van der Waals surface area contributed by atoms with Crippen LogP contribution < -0.4 is 10.3 Å². The van der Waals surface area contributed by atoms with Crippen LogP contribution in [0.25, 0.3) is 5.69 Å². The molecule has 0 radical (unpaired) electrons. The minimum absolute atomic E-state index is 0.0247. The minimum atomic E-state index is -4.07. The second-order valence-electron chi connectivity index (χ2n) is 8.36. The van der Waals surface area contributed by atoms with E-state index >= 15 is 0 Å². The van der Waals surface area contributed by atoms with Crippen LogP contribution in [0.2, 0.25) is 0 Å². The second kappa shape index (κ2) is 9.41. The Morgan fingerprint density at radius 3 is 2.03 bits per heavy atom. The molecule has 2 aromatic carbocycles. The van der Waals surface area contributed by atoms with Gasteiger partial charge >= 0.3 is 0 Å². The van der Waals surface area contributed by atoms with Gasteiger partial charge in [0.2, 0.25) is 5.91 Å². The third kappa shape index (κ3) is 4.72. The quantitative estimate of drug-likeness (QED) is 0.575. The van der Waals surface area contributed by atoms with E-state index in [1.807, 2.05) is 6.07 Å². The van der Waals surface area contributed by atoms with Crippen LogP contribution in [-0.4, -0.2) is 65.6 Å². The zero-order chi connectivity index (χ0) is 25.3. The van der Waals surface area contributed by atoms with Gasteiger partial charge in [0.1, 0.15) is 5.69 Å². The number of nitrogens with one attached hydrogen (secondary N) is 1. The van der Waals surface area contributed by atoms with Crippen LogP contribution in [0, 0.1) is 6.92 Å². The number of piperazine rings is 1. The molecule has 0 bridgehead atoms. The van der Waals surface area contributed by atoms with Gasteiger partial charge in [-0.1, -0.05) is 18.2 Å². The Morgan fingerprint density at radius 2 is 1.46 bits per heavy atom. The molecule has 0 atom stereocenters. The molecule has 1 N–H and O–H groups in total. The van der Waals surface area contributed by atoms with E-state index in [1.54, 1.807) is 52.7 Å². The van der Waals surface area contributed by atoms with Crippen molar-refractivity contribution >= 4 is 27.5 Å². The Morgan fingerprint density at radius 1 is 0.886 bits per heavy atom. The third-order valence-corrected chi connectivity index (χ3v) is 7.58. The van der Waals surface area contributed by atoms with Gasteiger partial charge in [-0.15, -0.1) is 0 Å². The number of hydrogen-bond acceptors (Lipinski definition) is 5. The summed E-state index contributed by atoms with van der Waals surface area (Å²) < 4.78 is 31.5. The van der Waals surface area contributed by atoms with Crippen LogP contribution in [0.3, 0.4) is 0 Å². The predicted molar refractivity (Wildman–Crippen MR) is 131 cm³/mol. The Bertz CT molecular complexity index is 1420. The summed E-state index contributed by atoms with van der Waals surface area (Å²) in [6.07, 6.45) is 0. The summed E-state index contributed by atoms with van der Waals surface area (Å²) in [4.78, 5) is 40.6. The average molecular weight is 498 g/mol. The molecule has 0 unspecified atom stereocenters. The molecule has 4 rings (SSSR count). The van der Waals surface area contributed by atoms with E-state index in [1.165, 1.54) is 35.9 Å². The molecule has 0 spiro atoms. The van der Waals surface area contributed by atoms with Crippen molar-refractivity contribution in [1.29, 1.82) is 0 Å². The number of benzene rings is 2. The van der Waals surface area contributed by atoms with Gasteiger partial charge in [-0.05, 0) is 43.3 Å². The second-order valence-corrected chi connectivity index (χ2v) is 10.0. The molecule has 184 valence electrons. The van der Waals surface area contributed by atoms with Gasteiger partial charge in [-0.25, -0.2) is 13.1 Å². The number of carbonyl (C=O) groups is 2. The standard InChI is InChI=1S/C24H27N5O5S/c1-17-22(24(32)29(26(17)3)20-7-5-4-6-8-20)25-35(33,34)21-11-9-19(10-12-21)23(31)28-15-13-27(14-16-28)18(2)30/h4-12,25H,13-16H2,1-3H3. The van der Waals surface area contributed by atoms with Gasteiger partial charge in [0.15, 0.2) is 0 Å². The fourth-order valence-electron chi connectivity index (χ4n) is 4.06. The molecule has 2 heterocycles. The van der Waals surface area contributed by atoms with Gasteiger partial charge in [-0.3, -0.25) is 23.8 Å². The zero-order valence-electron chi connectivity index (χ0n) is 19.8. The smallest absolute Gasteiger partial charge is 0.296 e. The van der Waals surface area contributed by atoms with Gasteiger partial charge in [0.25, 0.3) is 21.5 Å². The lowest BCUT2D eigenvalue weighted by Gasteiger charge is -2.34. The Hall–Kier alpha value is -3.86. The molecular weight excluding hydrogens is 470 g/mol. The molecule has 10 nitrogen and oxygen atoms in total. The largest absolute Gasteiger partial charge is 0.339 e. The number of anilines is 1. The first-order valence-electron chi connectivity index (χ1n) is 11.1. The summed E-state index contributed by atoms with van der Waals surface area (Å²) in [6.45, 7) is 4.93. The van der Waals surface area contributed by atoms with Gasteiger partial charge in [-0.2, -0.15) is 0 Å². The zero-order valence-corrected chi connectivity index (χ0v) is 20.6. The average Bonchev–Trinajstić information content (AvgIpc) is 3.07. The van der Waals surface area contributed by atoms with Gasteiger partial charge in [0.05, 0.1) is 16.3 Å². The first-order valence-corrected chi connectivity index (χ1v) is 12.6. The summed E-state index contributed by atoms with van der Waals surface area (Å²) in [6, 6.07) is 14.5. The van der Waals surface area contributed by atoms with E-state index < -0.39 is 15.6 Å². The van der Waals surface area contributed by atoms with Gasteiger partial charge in [0, 0.05) is 45.7 Å². The summed E-state index contributed by atoms with van der Waals surface area (Å²) in [5.41, 5.74) is 0.887. The maximum absolute atomic E-state index is 13.0. The number of carbonyl (C=O) groups excluding carboxylic acids is 2. The highest BCUT2D eigenvalue weighted by Gasteiger charge is 2.25. The number of rotatable bonds is 5. The highest BCUT2D eigenvalue weighted by atomic mass is 32.2. The number of sulfonamides is 1. The van der Waals surface area contributed by atoms with Crippen molar-refractivity contribution in [3.8, 4) is 5.69 Å². The van der Waals surface area contributed by atoms with E-state index in [4.69, 9.17) is 0 Å². The Balaban J connectivity index is 1.53. The first-order chi connectivity index (χ1) is 16.6. The van der Waals surface area contributed by atoms with E-state index in [9.17, 15) is 22.8 Å². The van der Waals surface area contributed by atoms with Crippen molar-refractivity contribution in [3.05, 3.63) is 76.2 Å². The lowest BCUT2D eigenvalue weighted by Crippen LogP contribution is -2.50. The summed E-state index contributed by atoms with van der Waals surface area (Å²) in [7, 11) is -2.40. The molecule has 3 aromatic rings. The van der Waals surface area contributed by atoms with E-state index in [-0.39, 0.29) is 22.4 Å². The van der Waals surface area contributed by atoms with Crippen molar-refractivity contribution in [2.24, 2.45) is 7.05 Å². The van der Waals surface area contributed by atoms with Crippen molar-refractivity contribution in [1.82, 2.24) is 19.2 Å². The molecular formula is C24H27N5O5S. The molecule has 0 aliphatic carbocycles. The lowest BCUT2D eigenvalue weighted by molar-refractivity contribution is -0.130. The van der Waals surface area contributed by atoms with Crippen LogP contribution in [-0.2, 0) is 21.9 Å². The fourth-order valence-corrected chi connectivity index (χ4v) is 5.18. The number of nitrogens with zero attached hydrogens (tertiary/aromatic N) is 4. The molecule has 1 aliphatic heterocycles. The number of amides is 2. The summed E-state index contributed by atoms with van der Waals surface area (Å²) in [5, 5.41) is 0. The SMILES string of the molecule is CC(=O)N1CCN(C(=O)c2ccc(S(=O)(=O)Nc3c(C)n(C)n(-c4ccccc4)c3=O)cc2)CC1. The Labute approximate surface area is 203 Å². The molecule has 11 heteroatoms. The number of aromatic nitrogens is 2. The molecule has 0 saturated carbocycles. The van der Waals surface area contributed by atoms with E-state index in [2.05, 4.69) is 4.72 Å². The monoisotopic (exact) mass is 497 g/mol. The predicted octanol–water partition coefficient (Wildman–Crippen LogP) is 1.59. The van der Waals surface area contributed by atoms with E-state index in [0.29, 0.717) is 43.1 Å². The van der Waals surface area contributed by atoms with Crippen molar-refractivity contribution in [2.75, 3.05) is 30.9 Å². The molecule has 1 aliphatic rings. The van der Waals surface area contributed by atoms with Crippen molar-refractivity contribution in [2.45, 2.75) is 18.7 Å². The third-order valence-electron chi connectivity index (χ3n) is 6.21. The highest BCUT2D eigenvalue weighted by molar-refractivity contribution is 7.92. The van der Waals surface area contributed by atoms with Crippen molar-refractivity contribution < 1.29 is 18.0 Å². The molecule has 1 fully saturated rings. The topological polar surface area (TPSA) is 114 Å². The summed E-state index contributed by atoms with van der Waals surface area (Å²) in [5.74, 6) is -0.252. The number of hydrogen-bond donors (Lipinski definition) is 1. The maximum Gasteiger partial charge on any atom is 0.296 e. The van der Waals surface area contributed by atoms with E-state index in [0.717, 1.165) is 0 Å². The normalized spacial score (nSPS) is 14.1. The van der Waals surface area contributed by atoms with Crippen molar-refractivity contribution in [3.63, 3.8) is 0 Å². The minimum Gasteiger partial charge on any atom is -0.339 e. The first kappa shape index (κ1) is 24.3. The molecule has 2 amide bonds. The molecule has 1 saturated heterocycles.